The molecule has 0 unspecified atom stereocenters. The molecule has 1 saturated carbocycles. The van der Waals surface area contributed by atoms with Crippen molar-refractivity contribution in [1.29, 1.82) is 0 Å². The maximum absolute atomic E-state index is 12.8. The van der Waals surface area contributed by atoms with Gasteiger partial charge in [-0.1, -0.05) is 67.4 Å². The minimum atomic E-state index is -0.269. The van der Waals surface area contributed by atoms with Gasteiger partial charge in [-0.25, -0.2) is 0 Å². The lowest BCUT2D eigenvalue weighted by Crippen LogP contribution is -2.41. The topological polar surface area (TPSA) is 49.7 Å². The maximum atomic E-state index is 12.8. The first-order valence-corrected chi connectivity index (χ1v) is 9.78. The minimum Gasteiger partial charge on any atom is -0.287 e. The van der Waals surface area contributed by atoms with E-state index >= 15 is 0 Å². The number of aliphatic imine (C=N–C) groups is 1. The van der Waals surface area contributed by atoms with E-state index in [1.54, 1.807) is 11.0 Å². The van der Waals surface area contributed by atoms with Crippen LogP contribution >= 0.6 is 11.8 Å². The van der Waals surface area contributed by atoms with E-state index < -0.39 is 0 Å². The van der Waals surface area contributed by atoms with Crippen molar-refractivity contribution in [2.45, 2.75) is 38.1 Å². The summed E-state index contributed by atoms with van der Waals surface area (Å²) in [6.07, 6.45) is 5.53. The van der Waals surface area contributed by atoms with Crippen LogP contribution in [0.15, 0.2) is 47.5 Å². The highest BCUT2D eigenvalue weighted by atomic mass is 32.2. The van der Waals surface area contributed by atoms with Gasteiger partial charge in [0.1, 0.15) is 0 Å². The van der Waals surface area contributed by atoms with Crippen LogP contribution < -0.4 is 0 Å². The summed E-state index contributed by atoms with van der Waals surface area (Å²) in [4.78, 5) is 31.3. The number of hydrogen-bond acceptors (Lipinski definition) is 3. The van der Waals surface area contributed by atoms with Gasteiger partial charge in [-0.3, -0.25) is 14.5 Å². The zero-order chi connectivity index (χ0) is 17.2. The molecule has 1 aliphatic heterocycles. The number of carbonyl (C=O) groups is 2. The summed E-state index contributed by atoms with van der Waals surface area (Å²) in [6, 6.07) is 13.7. The van der Waals surface area contributed by atoms with Crippen LogP contribution in [-0.4, -0.2) is 33.7 Å². The normalized spacial score (nSPS) is 20.6. The highest BCUT2D eigenvalue weighted by Gasteiger charge is 2.35. The van der Waals surface area contributed by atoms with Crippen LogP contribution in [0.2, 0.25) is 0 Å². The third kappa shape index (κ3) is 3.21. The molecule has 2 aromatic carbocycles. The fourth-order valence-corrected chi connectivity index (χ4v) is 4.65. The molecule has 0 spiro atoms. The molecule has 0 N–H and O–H groups in total. The molecule has 4 nitrogen and oxygen atoms in total. The van der Waals surface area contributed by atoms with E-state index in [1.807, 2.05) is 36.4 Å². The Morgan fingerprint density at radius 1 is 1.04 bits per heavy atom. The first-order chi connectivity index (χ1) is 12.2. The molecular formula is C20H20N2O2S. The number of fused-ring (bicyclic) bond motifs is 1. The van der Waals surface area contributed by atoms with Gasteiger partial charge in [0.2, 0.25) is 5.91 Å². The average Bonchev–Trinajstić information content (AvgIpc) is 3.02. The first kappa shape index (κ1) is 16.3. The molecule has 128 valence electrons. The van der Waals surface area contributed by atoms with E-state index in [0.29, 0.717) is 16.5 Å². The SMILES string of the molecule is O=C(N=C1SCC(=O)N1C1CCCCC1)c1cccc2ccccc12. The van der Waals surface area contributed by atoms with E-state index in [-0.39, 0.29) is 17.9 Å². The molecule has 2 amide bonds. The lowest BCUT2D eigenvalue weighted by Gasteiger charge is -2.30. The van der Waals surface area contributed by atoms with Gasteiger partial charge < -0.3 is 0 Å². The third-order valence-corrected chi connectivity index (χ3v) is 5.89. The number of thioether (sulfide) groups is 1. The molecule has 0 atom stereocenters. The summed E-state index contributed by atoms with van der Waals surface area (Å²) < 4.78 is 0. The van der Waals surface area contributed by atoms with Crippen molar-refractivity contribution in [1.82, 2.24) is 4.90 Å². The van der Waals surface area contributed by atoms with Crippen molar-refractivity contribution < 1.29 is 9.59 Å². The zero-order valence-corrected chi connectivity index (χ0v) is 14.8. The van der Waals surface area contributed by atoms with E-state index in [2.05, 4.69) is 4.99 Å². The van der Waals surface area contributed by atoms with Crippen molar-refractivity contribution in [3.05, 3.63) is 48.0 Å². The predicted molar refractivity (Wildman–Crippen MR) is 102 cm³/mol. The van der Waals surface area contributed by atoms with Crippen LogP contribution in [0.3, 0.4) is 0 Å². The summed E-state index contributed by atoms with van der Waals surface area (Å²) in [5.41, 5.74) is 0.592. The van der Waals surface area contributed by atoms with Gasteiger partial charge in [-0.2, -0.15) is 4.99 Å². The quantitative estimate of drug-likeness (QED) is 0.812. The van der Waals surface area contributed by atoms with Gasteiger partial charge in [0.05, 0.1) is 5.75 Å². The standard InChI is InChI=1S/C20H20N2O2S/c23-18-13-25-20(22(18)15-9-2-1-3-10-15)21-19(24)17-12-6-8-14-7-4-5-11-16(14)17/h4-8,11-12,15H,1-3,9-10,13H2. The molecule has 4 rings (SSSR count). The number of rotatable bonds is 2. The second kappa shape index (κ2) is 7.00. The molecular weight excluding hydrogens is 332 g/mol. The van der Waals surface area contributed by atoms with Gasteiger partial charge >= 0.3 is 0 Å². The minimum absolute atomic E-state index is 0.0846. The van der Waals surface area contributed by atoms with E-state index in [4.69, 9.17) is 0 Å². The van der Waals surface area contributed by atoms with Crippen LogP contribution in [0.4, 0.5) is 0 Å². The second-order valence-electron chi connectivity index (χ2n) is 6.57. The number of amides is 2. The van der Waals surface area contributed by atoms with Crippen LogP contribution in [0.1, 0.15) is 42.5 Å². The fourth-order valence-electron chi connectivity index (χ4n) is 3.72. The summed E-state index contributed by atoms with van der Waals surface area (Å²) in [7, 11) is 0. The van der Waals surface area contributed by atoms with Gasteiger partial charge in [-0.05, 0) is 29.7 Å². The molecule has 25 heavy (non-hydrogen) atoms. The lowest BCUT2D eigenvalue weighted by molar-refractivity contribution is -0.126. The van der Waals surface area contributed by atoms with E-state index in [9.17, 15) is 9.59 Å². The van der Waals surface area contributed by atoms with Crippen molar-refractivity contribution in [2.24, 2.45) is 4.99 Å². The first-order valence-electron chi connectivity index (χ1n) is 8.80. The smallest absolute Gasteiger partial charge is 0.280 e. The molecule has 2 fully saturated rings. The maximum Gasteiger partial charge on any atom is 0.280 e. The largest absolute Gasteiger partial charge is 0.287 e. The fraction of sp³-hybridized carbons (Fsp3) is 0.350. The molecule has 0 radical (unpaired) electrons. The highest BCUT2D eigenvalue weighted by Crippen LogP contribution is 2.30. The Labute approximate surface area is 151 Å². The average molecular weight is 352 g/mol. The monoisotopic (exact) mass is 352 g/mol. The number of nitrogens with zero attached hydrogens (tertiary/aromatic N) is 2. The van der Waals surface area contributed by atoms with Crippen molar-refractivity contribution in [3.8, 4) is 0 Å². The lowest BCUT2D eigenvalue weighted by atomic mass is 9.94. The number of hydrogen-bond donors (Lipinski definition) is 0. The van der Waals surface area contributed by atoms with E-state index in [0.717, 1.165) is 36.5 Å². The Bertz CT molecular complexity index is 850. The summed E-state index contributed by atoms with van der Waals surface area (Å²) in [5, 5.41) is 2.50. The Kier molecular flexibility index (Phi) is 4.57. The van der Waals surface area contributed by atoms with Gasteiger partial charge in [0.25, 0.3) is 5.91 Å². The highest BCUT2D eigenvalue weighted by molar-refractivity contribution is 8.15. The molecule has 2 aromatic rings. The van der Waals surface area contributed by atoms with E-state index in [1.165, 1.54) is 18.2 Å². The number of benzene rings is 2. The van der Waals surface area contributed by atoms with Crippen molar-refractivity contribution in [2.75, 3.05) is 5.75 Å². The summed E-state index contributed by atoms with van der Waals surface area (Å²) in [6.45, 7) is 0. The molecule has 0 aromatic heterocycles. The molecule has 0 bridgehead atoms. The Morgan fingerprint density at radius 2 is 1.80 bits per heavy atom. The molecule has 5 heteroatoms. The molecule has 1 aliphatic carbocycles. The number of amidine groups is 1. The third-order valence-electron chi connectivity index (χ3n) is 4.96. The van der Waals surface area contributed by atoms with Crippen LogP contribution in [-0.2, 0) is 4.79 Å². The van der Waals surface area contributed by atoms with Crippen molar-refractivity contribution in [3.63, 3.8) is 0 Å². The summed E-state index contributed by atoms with van der Waals surface area (Å²) >= 11 is 1.39. The molecule has 1 saturated heterocycles. The molecule has 2 aliphatic rings. The van der Waals surface area contributed by atoms with Crippen LogP contribution in [0, 0.1) is 0 Å². The Hall–Kier alpha value is -2.14. The van der Waals surface area contributed by atoms with Crippen molar-refractivity contribution >= 4 is 39.5 Å². The van der Waals surface area contributed by atoms with Crippen LogP contribution in [0.5, 0.6) is 0 Å². The Balaban J connectivity index is 1.66. The molecule has 1 heterocycles. The second-order valence-corrected chi connectivity index (χ2v) is 7.51. The Morgan fingerprint density at radius 3 is 2.64 bits per heavy atom. The zero-order valence-electron chi connectivity index (χ0n) is 14.0. The van der Waals surface area contributed by atoms with Gasteiger partial charge in [-0.15, -0.1) is 0 Å². The summed E-state index contributed by atoms with van der Waals surface area (Å²) in [5.74, 6) is 0.203. The van der Waals surface area contributed by atoms with Gasteiger partial charge in [0, 0.05) is 11.6 Å². The van der Waals surface area contributed by atoms with Gasteiger partial charge in [0.15, 0.2) is 5.17 Å². The predicted octanol–water partition coefficient (Wildman–Crippen LogP) is 4.24. The number of carbonyl (C=O) groups excluding carboxylic acids is 2. The van der Waals surface area contributed by atoms with Crippen LogP contribution in [0.25, 0.3) is 10.8 Å².